The van der Waals surface area contributed by atoms with E-state index in [9.17, 15) is 26.4 Å². The number of carbonyl (C=O) groups excluding carboxylic acids is 2. The molecule has 0 radical (unpaired) electrons. The first-order chi connectivity index (χ1) is 17.5. The van der Waals surface area contributed by atoms with E-state index in [0.29, 0.717) is 0 Å². The molecule has 0 unspecified atom stereocenters. The van der Waals surface area contributed by atoms with Gasteiger partial charge in [-0.3, -0.25) is 9.69 Å². The standard InChI is InChI=1S/C25H27N3O7S2/c1-4-9-21-23-22(14-15-27(23)25(30)35-17-18-10-6-5-7-11-18)28(24(21)29)37(33,34)20-13-8-12-19(16-20)36(31,32)26(2)3/h4-8,10-13,16,22H,1,9,14-15,17H2,2-3H3/t22-/m0/s1. The molecule has 2 aliphatic rings. The van der Waals surface area contributed by atoms with E-state index >= 15 is 0 Å². The highest BCUT2D eigenvalue weighted by molar-refractivity contribution is 7.90. The average molecular weight is 546 g/mol. The zero-order valence-corrected chi connectivity index (χ0v) is 22.0. The highest BCUT2D eigenvalue weighted by Gasteiger charge is 2.52. The number of ether oxygens (including phenoxy) is 1. The van der Waals surface area contributed by atoms with Gasteiger partial charge >= 0.3 is 6.09 Å². The second-order valence-corrected chi connectivity index (χ2v) is 12.7. The van der Waals surface area contributed by atoms with Gasteiger partial charge in [-0.15, -0.1) is 6.58 Å². The zero-order valence-electron chi connectivity index (χ0n) is 20.4. The SMILES string of the molecule is C=CCC1=C2[C@H](CCN2C(=O)OCc2ccccc2)N(S(=O)(=O)c2cccc(S(=O)(=O)N(C)C)c2)C1=O. The summed E-state index contributed by atoms with van der Waals surface area (Å²) >= 11 is 0. The van der Waals surface area contributed by atoms with Crippen molar-refractivity contribution in [3.05, 3.63) is 84.1 Å². The van der Waals surface area contributed by atoms with Crippen LogP contribution in [0.4, 0.5) is 4.79 Å². The number of amides is 2. The Morgan fingerprint density at radius 3 is 2.41 bits per heavy atom. The lowest BCUT2D eigenvalue weighted by Gasteiger charge is -2.23. The Hall–Kier alpha value is -3.48. The van der Waals surface area contributed by atoms with E-state index in [-0.39, 0.29) is 47.1 Å². The van der Waals surface area contributed by atoms with Gasteiger partial charge in [-0.25, -0.2) is 30.2 Å². The van der Waals surface area contributed by atoms with E-state index in [1.807, 2.05) is 18.2 Å². The Labute approximate surface area is 216 Å². The molecule has 2 heterocycles. The van der Waals surface area contributed by atoms with Crippen LogP contribution in [0.2, 0.25) is 0 Å². The number of carbonyl (C=O) groups is 2. The molecule has 2 aromatic rings. The number of hydrogen-bond donors (Lipinski definition) is 0. The minimum atomic E-state index is -4.46. The smallest absolute Gasteiger partial charge is 0.414 e. The van der Waals surface area contributed by atoms with Crippen molar-refractivity contribution in [2.75, 3.05) is 20.6 Å². The summed E-state index contributed by atoms with van der Waals surface area (Å²) < 4.78 is 59.7. The molecule has 0 aromatic heterocycles. The third-order valence-corrected chi connectivity index (χ3v) is 9.80. The molecule has 1 atom stereocenters. The molecular formula is C25H27N3O7S2. The monoisotopic (exact) mass is 545 g/mol. The van der Waals surface area contributed by atoms with Crippen LogP contribution in [0.3, 0.4) is 0 Å². The first-order valence-corrected chi connectivity index (χ1v) is 14.3. The Morgan fingerprint density at radius 2 is 1.76 bits per heavy atom. The van der Waals surface area contributed by atoms with Gasteiger partial charge in [-0.05, 0) is 36.6 Å². The molecule has 196 valence electrons. The molecule has 12 heteroatoms. The summed E-state index contributed by atoms with van der Waals surface area (Å²) in [5.74, 6) is -0.777. The molecule has 0 saturated carbocycles. The number of fused-ring (bicyclic) bond motifs is 1. The molecule has 2 amide bonds. The van der Waals surface area contributed by atoms with Crippen LogP contribution in [0.15, 0.2) is 88.3 Å². The fourth-order valence-corrected chi connectivity index (χ4v) is 7.03. The largest absolute Gasteiger partial charge is 0.444 e. The molecule has 1 saturated heterocycles. The van der Waals surface area contributed by atoms with Crippen LogP contribution in [-0.4, -0.2) is 69.0 Å². The van der Waals surface area contributed by atoms with Crippen molar-refractivity contribution in [2.45, 2.75) is 35.3 Å². The molecule has 0 bridgehead atoms. The number of likely N-dealkylation sites (tertiary alicyclic amines) is 1. The van der Waals surface area contributed by atoms with Crippen LogP contribution in [0.5, 0.6) is 0 Å². The van der Waals surface area contributed by atoms with Crippen LogP contribution in [-0.2, 0) is 36.2 Å². The van der Waals surface area contributed by atoms with Gasteiger partial charge < -0.3 is 4.74 Å². The van der Waals surface area contributed by atoms with Crippen LogP contribution in [0, 0.1) is 0 Å². The quantitative estimate of drug-likeness (QED) is 0.468. The maximum atomic E-state index is 13.7. The predicted octanol–water partition coefficient (Wildman–Crippen LogP) is 2.71. The van der Waals surface area contributed by atoms with Gasteiger partial charge in [0.15, 0.2) is 0 Å². The third kappa shape index (κ3) is 4.79. The second kappa shape index (κ2) is 10.1. The minimum Gasteiger partial charge on any atom is -0.444 e. The molecule has 2 aliphatic heterocycles. The predicted molar refractivity (Wildman–Crippen MR) is 135 cm³/mol. The summed E-state index contributed by atoms with van der Waals surface area (Å²) in [5.41, 5.74) is 1.18. The fraction of sp³-hybridized carbons (Fsp3) is 0.280. The zero-order chi connectivity index (χ0) is 27.0. The topological polar surface area (TPSA) is 121 Å². The Kier molecular flexibility index (Phi) is 7.27. The van der Waals surface area contributed by atoms with Gasteiger partial charge in [-0.2, -0.15) is 0 Å². The lowest BCUT2D eigenvalue weighted by molar-refractivity contribution is -0.122. The minimum absolute atomic E-state index is 0.0218. The van der Waals surface area contributed by atoms with E-state index in [0.717, 1.165) is 20.2 Å². The Bertz CT molecular complexity index is 1480. The van der Waals surface area contributed by atoms with E-state index < -0.39 is 38.1 Å². The van der Waals surface area contributed by atoms with Crippen LogP contribution in [0.1, 0.15) is 18.4 Å². The third-order valence-electron chi connectivity index (χ3n) is 6.20. The van der Waals surface area contributed by atoms with Gasteiger partial charge in [-0.1, -0.05) is 42.5 Å². The van der Waals surface area contributed by atoms with Crippen LogP contribution >= 0.6 is 0 Å². The maximum Gasteiger partial charge on any atom is 0.414 e. The van der Waals surface area contributed by atoms with E-state index in [1.54, 1.807) is 12.1 Å². The summed E-state index contributed by atoms with van der Waals surface area (Å²) in [5, 5.41) is 0. The molecule has 4 rings (SSSR count). The number of nitrogens with zero attached hydrogens (tertiary/aromatic N) is 3. The summed E-state index contributed by atoms with van der Waals surface area (Å²) in [7, 11) is -5.70. The van der Waals surface area contributed by atoms with Crippen molar-refractivity contribution in [2.24, 2.45) is 0 Å². The number of rotatable bonds is 8. The maximum absolute atomic E-state index is 13.7. The number of benzene rings is 2. The van der Waals surface area contributed by atoms with E-state index in [4.69, 9.17) is 4.74 Å². The molecule has 10 nitrogen and oxygen atoms in total. The van der Waals surface area contributed by atoms with Crippen LogP contribution in [0.25, 0.3) is 0 Å². The van der Waals surface area contributed by atoms with Crippen molar-refractivity contribution in [3.8, 4) is 0 Å². The average Bonchev–Trinajstić information content (AvgIpc) is 3.41. The van der Waals surface area contributed by atoms with Gasteiger partial charge in [0.25, 0.3) is 15.9 Å². The van der Waals surface area contributed by atoms with Gasteiger partial charge in [0.05, 0.1) is 21.5 Å². The van der Waals surface area contributed by atoms with Gasteiger partial charge in [0.2, 0.25) is 10.0 Å². The number of sulfonamides is 2. The first kappa shape index (κ1) is 26.6. The lowest BCUT2D eigenvalue weighted by Crippen LogP contribution is -2.40. The molecule has 1 fully saturated rings. The van der Waals surface area contributed by atoms with E-state index in [2.05, 4.69) is 6.58 Å². The van der Waals surface area contributed by atoms with Crippen molar-refractivity contribution in [3.63, 3.8) is 0 Å². The molecule has 0 N–H and O–H groups in total. The fourth-order valence-electron chi connectivity index (χ4n) is 4.38. The summed E-state index contributed by atoms with van der Waals surface area (Å²) in [6, 6.07) is 13.0. The Morgan fingerprint density at radius 1 is 1.08 bits per heavy atom. The normalized spacial score (nSPS) is 17.9. The highest BCUT2D eigenvalue weighted by Crippen LogP contribution is 2.41. The molecule has 2 aromatic carbocycles. The highest BCUT2D eigenvalue weighted by atomic mass is 32.2. The van der Waals surface area contributed by atoms with Crippen molar-refractivity contribution in [1.82, 2.24) is 13.5 Å². The summed E-state index contributed by atoms with van der Waals surface area (Å²) in [6.07, 6.45) is 1.00. The van der Waals surface area contributed by atoms with Crippen molar-refractivity contribution >= 4 is 32.0 Å². The summed E-state index contributed by atoms with van der Waals surface area (Å²) in [4.78, 5) is 27.1. The van der Waals surface area contributed by atoms with Gasteiger partial charge in [0.1, 0.15) is 6.61 Å². The second-order valence-electron chi connectivity index (χ2n) is 8.72. The number of allylic oxidation sites excluding steroid dienone is 1. The number of hydrogen-bond acceptors (Lipinski definition) is 7. The Balaban J connectivity index is 1.66. The van der Waals surface area contributed by atoms with Gasteiger partial charge in [0, 0.05) is 26.2 Å². The van der Waals surface area contributed by atoms with Crippen molar-refractivity contribution in [1.29, 1.82) is 0 Å². The molecule has 0 aliphatic carbocycles. The summed E-state index contributed by atoms with van der Waals surface area (Å²) in [6.45, 7) is 3.84. The molecule has 37 heavy (non-hydrogen) atoms. The van der Waals surface area contributed by atoms with Crippen LogP contribution < -0.4 is 0 Å². The molecule has 0 spiro atoms. The first-order valence-electron chi connectivity index (χ1n) is 11.4. The lowest BCUT2D eigenvalue weighted by atomic mass is 10.1. The van der Waals surface area contributed by atoms with E-state index in [1.165, 1.54) is 43.3 Å². The van der Waals surface area contributed by atoms with Crippen molar-refractivity contribution < 1.29 is 31.2 Å². The molecular weight excluding hydrogens is 518 g/mol.